The first kappa shape index (κ1) is 27.1. The maximum atomic E-state index is 13.1. The molecule has 0 aliphatic carbocycles. The molecule has 192 valence electrons. The molecular weight excluding hydrogens is 474 g/mol. The molecule has 1 atom stereocenters. The van der Waals surface area contributed by atoms with Gasteiger partial charge in [-0.3, -0.25) is 24.1 Å². The van der Waals surface area contributed by atoms with Gasteiger partial charge in [0.05, 0.1) is 24.2 Å². The smallest absolute Gasteiger partial charge is 0.252 e. The van der Waals surface area contributed by atoms with E-state index in [0.717, 1.165) is 12.0 Å². The summed E-state index contributed by atoms with van der Waals surface area (Å²) >= 11 is 0. The number of phenols is 2. The highest BCUT2D eigenvalue weighted by molar-refractivity contribution is 6.04. The number of nitrogens with zero attached hydrogens (tertiary/aromatic N) is 1. The number of aromatic hydroxyl groups is 2. The number of benzene rings is 3. The molecule has 0 aliphatic rings. The van der Waals surface area contributed by atoms with Crippen molar-refractivity contribution in [3.63, 3.8) is 0 Å². The van der Waals surface area contributed by atoms with E-state index in [0.29, 0.717) is 6.42 Å². The fraction of sp³-hybridized carbons (Fsp3) is 0.214. The van der Waals surface area contributed by atoms with Gasteiger partial charge in [0.1, 0.15) is 11.5 Å². The SMILES string of the molecule is CC(CCc1ccccc1)N(CC(=O)c1ccc(O)c(C(N)=O)c1)CC(=O)c1ccc(O)c(C(N)=O)c1. The zero-order valence-corrected chi connectivity index (χ0v) is 20.4. The molecule has 0 bridgehead atoms. The average molecular weight is 504 g/mol. The van der Waals surface area contributed by atoms with Crippen molar-refractivity contribution in [2.45, 2.75) is 25.8 Å². The van der Waals surface area contributed by atoms with Gasteiger partial charge in [-0.1, -0.05) is 30.3 Å². The largest absolute Gasteiger partial charge is 0.507 e. The van der Waals surface area contributed by atoms with E-state index in [1.165, 1.54) is 36.4 Å². The number of hydrogen-bond acceptors (Lipinski definition) is 7. The van der Waals surface area contributed by atoms with E-state index in [1.54, 1.807) is 4.90 Å². The molecule has 3 aromatic rings. The van der Waals surface area contributed by atoms with E-state index in [-0.39, 0.29) is 64.5 Å². The molecule has 2 amide bonds. The number of aryl methyl sites for hydroxylation is 1. The lowest BCUT2D eigenvalue weighted by Gasteiger charge is -2.28. The zero-order valence-electron chi connectivity index (χ0n) is 20.4. The molecule has 9 heteroatoms. The Balaban J connectivity index is 1.84. The van der Waals surface area contributed by atoms with E-state index < -0.39 is 11.8 Å². The first-order valence-electron chi connectivity index (χ1n) is 11.7. The molecule has 0 fully saturated rings. The van der Waals surface area contributed by atoms with Gasteiger partial charge >= 0.3 is 0 Å². The van der Waals surface area contributed by atoms with Crippen LogP contribution in [0.25, 0.3) is 0 Å². The minimum atomic E-state index is -0.868. The molecule has 0 saturated carbocycles. The summed E-state index contributed by atoms with van der Waals surface area (Å²) in [6.07, 6.45) is 1.37. The Morgan fingerprint density at radius 2 is 1.22 bits per heavy atom. The van der Waals surface area contributed by atoms with Crippen molar-refractivity contribution in [3.8, 4) is 11.5 Å². The number of Topliss-reactive ketones (excluding diaryl/α,β-unsaturated/α-hetero) is 2. The topological polar surface area (TPSA) is 164 Å². The molecule has 37 heavy (non-hydrogen) atoms. The van der Waals surface area contributed by atoms with Crippen molar-refractivity contribution in [2.75, 3.05) is 13.1 Å². The van der Waals surface area contributed by atoms with Gasteiger partial charge in [0.15, 0.2) is 11.6 Å². The molecule has 0 heterocycles. The van der Waals surface area contributed by atoms with Crippen molar-refractivity contribution in [1.29, 1.82) is 0 Å². The third-order valence-electron chi connectivity index (χ3n) is 6.18. The van der Waals surface area contributed by atoms with Crippen LogP contribution in [0.3, 0.4) is 0 Å². The van der Waals surface area contributed by atoms with Crippen molar-refractivity contribution >= 4 is 23.4 Å². The van der Waals surface area contributed by atoms with Crippen molar-refractivity contribution in [2.24, 2.45) is 11.5 Å². The number of amides is 2. The van der Waals surface area contributed by atoms with Gasteiger partial charge in [-0.05, 0) is 61.7 Å². The van der Waals surface area contributed by atoms with Crippen LogP contribution in [0, 0.1) is 0 Å². The zero-order chi connectivity index (χ0) is 27.1. The van der Waals surface area contributed by atoms with Crippen LogP contribution in [0.1, 0.15) is 60.3 Å². The van der Waals surface area contributed by atoms with E-state index in [1.807, 2.05) is 37.3 Å². The molecule has 0 radical (unpaired) electrons. The molecule has 1 unspecified atom stereocenters. The van der Waals surface area contributed by atoms with E-state index >= 15 is 0 Å². The molecule has 3 aromatic carbocycles. The van der Waals surface area contributed by atoms with Crippen LogP contribution >= 0.6 is 0 Å². The maximum absolute atomic E-state index is 13.1. The Morgan fingerprint density at radius 3 is 1.65 bits per heavy atom. The number of carbonyl (C=O) groups excluding carboxylic acids is 4. The van der Waals surface area contributed by atoms with Gasteiger partial charge in [-0.25, -0.2) is 0 Å². The van der Waals surface area contributed by atoms with Gasteiger partial charge in [0.2, 0.25) is 0 Å². The fourth-order valence-electron chi connectivity index (χ4n) is 3.94. The van der Waals surface area contributed by atoms with Gasteiger partial charge in [-0.2, -0.15) is 0 Å². The lowest BCUT2D eigenvalue weighted by Crippen LogP contribution is -2.41. The van der Waals surface area contributed by atoms with Gasteiger partial charge in [0, 0.05) is 17.2 Å². The van der Waals surface area contributed by atoms with Gasteiger partial charge < -0.3 is 21.7 Å². The number of carbonyl (C=O) groups is 4. The van der Waals surface area contributed by atoms with E-state index in [9.17, 15) is 29.4 Å². The summed E-state index contributed by atoms with van der Waals surface area (Å²) in [6, 6.07) is 17.3. The minimum Gasteiger partial charge on any atom is -0.507 e. The molecule has 0 aromatic heterocycles. The summed E-state index contributed by atoms with van der Waals surface area (Å²) in [5.74, 6) is -3.13. The Hall–Kier alpha value is -4.50. The Kier molecular flexibility index (Phi) is 8.76. The first-order chi connectivity index (χ1) is 17.6. The quantitative estimate of drug-likeness (QED) is 0.276. The fourth-order valence-corrected chi connectivity index (χ4v) is 3.94. The Morgan fingerprint density at radius 1 is 0.757 bits per heavy atom. The number of nitrogens with two attached hydrogens (primary N) is 2. The van der Waals surface area contributed by atoms with Crippen LogP contribution in [-0.2, 0) is 6.42 Å². The highest BCUT2D eigenvalue weighted by Gasteiger charge is 2.23. The second-order valence-corrected chi connectivity index (χ2v) is 8.82. The van der Waals surface area contributed by atoms with Crippen molar-refractivity contribution < 1.29 is 29.4 Å². The molecular formula is C28H29N3O6. The normalized spacial score (nSPS) is 11.7. The van der Waals surface area contributed by atoms with Crippen LogP contribution in [0.4, 0.5) is 0 Å². The Bertz CT molecular complexity index is 1250. The number of primary amides is 2. The summed E-state index contributed by atoms with van der Waals surface area (Å²) in [6.45, 7) is 1.61. The number of ketones is 2. The van der Waals surface area contributed by atoms with Crippen LogP contribution in [-0.4, -0.2) is 57.6 Å². The highest BCUT2D eigenvalue weighted by Crippen LogP contribution is 2.21. The maximum Gasteiger partial charge on any atom is 0.252 e. The first-order valence-corrected chi connectivity index (χ1v) is 11.7. The minimum absolute atomic E-state index is 0.147. The van der Waals surface area contributed by atoms with Crippen molar-refractivity contribution in [3.05, 3.63) is 94.5 Å². The third-order valence-corrected chi connectivity index (χ3v) is 6.18. The highest BCUT2D eigenvalue weighted by atomic mass is 16.3. The predicted molar refractivity (Wildman–Crippen MR) is 138 cm³/mol. The van der Waals surface area contributed by atoms with Crippen molar-refractivity contribution in [1.82, 2.24) is 4.90 Å². The summed E-state index contributed by atoms with van der Waals surface area (Å²) in [4.78, 5) is 51.2. The van der Waals surface area contributed by atoms with Crippen LogP contribution in [0.5, 0.6) is 11.5 Å². The lowest BCUT2D eigenvalue weighted by atomic mass is 10.0. The monoisotopic (exact) mass is 503 g/mol. The predicted octanol–water partition coefficient (Wildman–Crippen LogP) is 2.68. The standard InChI is InChI=1S/C28H29N3O6/c1-17(7-8-18-5-3-2-4-6-18)31(15-25(34)19-9-11-23(32)21(13-19)27(29)36)16-26(35)20-10-12-24(33)22(14-20)28(30)37/h2-6,9-14,17,32-33H,7-8,15-16H2,1H3,(H2,29,36)(H2,30,37). The molecule has 9 nitrogen and oxygen atoms in total. The second kappa shape index (κ2) is 12.0. The van der Waals surface area contributed by atoms with E-state index in [4.69, 9.17) is 11.5 Å². The van der Waals surface area contributed by atoms with Crippen LogP contribution in [0.15, 0.2) is 66.7 Å². The van der Waals surface area contributed by atoms with Crippen LogP contribution < -0.4 is 11.5 Å². The summed E-state index contributed by atoms with van der Waals surface area (Å²) in [5.41, 5.74) is 11.7. The van der Waals surface area contributed by atoms with Gasteiger partial charge in [0.25, 0.3) is 11.8 Å². The van der Waals surface area contributed by atoms with E-state index in [2.05, 4.69) is 0 Å². The molecule has 0 saturated heterocycles. The molecule has 6 N–H and O–H groups in total. The Labute approximate surface area is 214 Å². The third kappa shape index (κ3) is 7.02. The van der Waals surface area contributed by atoms with Gasteiger partial charge in [-0.15, -0.1) is 0 Å². The average Bonchev–Trinajstić information content (AvgIpc) is 2.87. The summed E-state index contributed by atoms with van der Waals surface area (Å²) in [7, 11) is 0. The number of hydrogen-bond donors (Lipinski definition) is 4. The summed E-state index contributed by atoms with van der Waals surface area (Å²) in [5, 5.41) is 19.7. The molecule has 0 spiro atoms. The summed E-state index contributed by atoms with van der Waals surface area (Å²) < 4.78 is 0. The van der Waals surface area contributed by atoms with Crippen LogP contribution in [0.2, 0.25) is 0 Å². The number of rotatable bonds is 12. The molecule has 0 aliphatic heterocycles. The molecule has 3 rings (SSSR count). The second-order valence-electron chi connectivity index (χ2n) is 8.82. The lowest BCUT2D eigenvalue weighted by molar-refractivity contribution is 0.0821.